The largest absolute Gasteiger partial charge is 0.257 e. The molecule has 0 aliphatic rings. The summed E-state index contributed by atoms with van der Waals surface area (Å²) in [6.45, 7) is 1.85. The van der Waals surface area contributed by atoms with E-state index in [4.69, 9.17) is 0 Å². The quantitative estimate of drug-likeness (QED) is 0.722. The van der Waals surface area contributed by atoms with E-state index in [2.05, 4.69) is 9.71 Å². The van der Waals surface area contributed by atoms with Crippen molar-refractivity contribution in [1.29, 1.82) is 0 Å². The fourth-order valence-corrected chi connectivity index (χ4v) is 1.37. The van der Waals surface area contributed by atoms with Gasteiger partial charge in [0.1, 0.15) is 0 Å². The van der Waals surface area contributed by atoms with Crippen LogP contribution < -0.4 is 4.72 Å². The second-order valence-electron chi connectivity index (χ2n) is 2.38. The number of sulfonamides is 1. The van der Waals surface area contributed by atoms with Crippen LogP contribution in [0.25, 0.3) is 0 Å². The lowest BCUT2D eigenvalue weighted by Gasteiger charge is -2.00. The maximum Gasteiger partial charge on any atom is 0.257 e. The Labute approximate surface area is 71.7 Å². The Hall–Kier alpha value is -0.940. The second kappa shape index (κ2) is 3.20. The van der Waals surface area contributed by atoms with E-state index in [1.54, 1.807) is 6.07 Å². The minimum atomic E-state index is -3.38. The van der Waals surface area contributed by atoms with Crippen LogP contribution in [0.3, 0.4) is 0 Å². The van der Waals surface area contributed by atoms with Gasteiger partial charge >= 0.3 is 0 Å². The zero-order chi connectivity index (χ0) is 9.19. The van der Waals surface area contributed by atoms with Gasteiger partial charge in [-0.15, -0.1) is 0 Å². The van der Waals surface area contributed by atoms with Gasteiger partial charge in [-0.1, -0.05) is 6.07 Å². The molecule has 0 amide bonds. The topological polar surface area (TPSA) is 59.1 Å². The van der Waals surface area contributed by atoms with Gasteiger partial charge in [0.15, 0.2) is 5.03 Å². The Morgan fingerprint density at radius 2 is 2.08 bits per heavy atom. The Bertz CT molecular complexity index is 355. The number of pyridine rings is 1. The first kappa shape index (κ1) is 9.15. The number of rotatable bonds is 2. The Balaban J connectivity index is 3.14. The highest BCUT2D eigenvalue weighted by Crippen LogP contribution is 2.04. The molecule has 1 N–H and O–H groups in total. The van der Waals surface area contributed by atoms with Gasteiger partial charge in [-0.3, -0.25) is 0 Å². The highest BCUT2D eigenvalue weighted by molar-refractivity contribution is 7.89. The molecule has 1 heterocycles. The predicted octanol–water partition coefficient (Wildman–Crippen LogP) is 0.298. The van der Waals surface area contributed by atoms with E-state index in [9.17, 15) is 8.42 Å². The summed E-state index contributed by atoms with van der Waals surface area (Å²) in [6.07, 6.45) is 1.52. The minimum absolute atomic E-state index is 0.0515. The van der Waals surface area contributed by atoms with E-state index in [1.165, 1.54) is 19.3 Å². The van der Waals surface area contributed by atoms with Crippen LogP contribution in [0, 0.1) is 6.92 Å². The molecule has 0 bridgehead atoms. The summed E-state index contributed by atoms with van der Waals surface area (Å²) in [6, 6.07) is 3.18. The van der Waals surface area contributed by atoms with Gasteiger partial charge in [0.2, 0.25) is 0 Å². The highest BCUT2D eigenvalue weighted by atomic mass is 32.2. The van der Waals surface area contributed by atoms with Crippen LogP contribution in [0.15, 0.2) is 23.4 Å². The lowest BCUT2D eigenvalue weighted by atomic mass is 10.3. The monoisotopic (exact) mass is 186 g/mol. The summed E-state index contributed by atoms with van der Waals surface area (Å²) in [5.41, 5.74) is 0.935. The second-order valence-corrected chi connectivity index (χ2v) is 4.21. The van der Waals surface area contributed by atoms with Crippen molar-refractivity contribution in [1.82, 2.24) is 9.71 Å². The first-order chi connectivity index (χ1) is 5.56. The van der Waals surface area contributed by atoms with E-state index in [0.29, 0.717) is 0 Å². The maximum atomic E-state index is 11.1. The number of hydrogen-bond donors (Lipinski definition) is 1. The van der Waals surface area contributed by atoms with E-state index in [1.807, 2.05) is 6.92 Å². The van der Waals surface area contributed by atoms with Crippen LogP contribution in [0.1, 0.15) is 5.56 Å². The van der Waals surface area contributed by atoms with Crippen molar-refractivity contribution in [3.05, 3.63) is 23.9 Å². The molecule has 0 saturated carbocycles. The molecule has 66 valence electrons. The van der Waals surface area contributed by atoms with Crippen LogP contribution in [0.2, 0.25) is 0 Å². The van der Waals surface area contributed by atoms with Crippen LogP contribution in [0.4, 0.5) is 0 Å². The van der Waals surface area contributed by atoms with Crippen molar-refractivity contribution in [2.75, 3.05) is 7.05 Å². The summed E-state index contributed by atoms with van der Waals surface area (Å²) in [4.78, 5) is 3.77. The normalized spacial score (nSPS) is 11.5. The summed E-state index contributed by atoms with van der Waals surface area (Å²) in [7, 11) is -2.02. The maximum absolute atomic E-state index is 11.1. The fraction of sp³-hybridized carbons (Fsp3) is 0.286. The molecule has 4 nitrogen and oxygen atoms in total. The Kier molecular flexibility index (Phi) is 2.44. The summed E-state index contributed by atoms with van der Waals surface area (Å²) in [5.74, 6) is 0. The van der Waals surface area contributed by atoms with Crippen molar-refractivity contribution in [3.8, 4) is 0 Å². The summed E-state index contributed by atoms with van der Waals surface area (Å²) < 4.78 is 24.5. The molecule has 0 spiro atoms. The first-order valence-corrected chi connectivity index (χ1v) is 4.91. The predicted molar refractivity (Wildman–Crippen MR) is 45.2 cm³/mol. The molecule has 0 unspecified atom stereocenters. The number of aryl methyl sites for hydroxylation is 1. The fourth-order valence-electron chi connectivity index (χ4n) is 0.718. The lowest BCUT2D eigenvalue weighted by Crippen LogP contribution is -2.19. The van der Waals surface area contributed by atoms with Gasteiger partial charge in [-0.25, -0.2) is 18.1 Å². The van der Waals surface area contributed by atoms with Crippen LogP contribution >= 0.6 is 0 Å². The first-order valence-electron chi connectivity index (χ1n) is 3.42. The molecule has 1 aromatic heterocycles. The van der Waals surface area contributed by atoms with Crippen LogP contribution in [0.5, 0.6) is 0 Å². The molecule has 0 fully saturated rings. The Morgan fingerprint density at radius 3 is 2.50 bits per heavy atom. The molecule has 12 heavy (non-hydrogen) atoms. The SMILES string of the molecule is CNS(=O)(=O)c1ccc(C)cn1. The molecular weight excluding hydrogens is 176 g/mol. The van der Waals surface area contributed by atoms with Gasteiger partial charge < -0.3 is 0 Å². The van der Waals surface area contributed by atoms with Crippen LogP contribution in [-0.4, -0.2) is 20.4 Å². The molecular formula is C7H10N2O2S. The molecule has 0 aromatic carbocycles. The van der Waals surface area contributed by atoms with Crippen molar-refractivity contribution in [3.63, 3.8) is 0 Å². The van der Waals surface area contributed by atoms with Crippen molar-refractivity contribution < 1.29 is 8.42 Å². The lowest BCUT2D eigenvalue weighted by molar-refractivity contribution is 0.584. The van der Waals surface area contributed by atoms with Gasteiger partial charge in [0.05, 0.1) is 0 Å². The zero-order valence-electron chi connectivity index (χ0n) is 6.90. The average molecular weight is 186 g/mol. The number of nitrogens with one attached hydrogen (secondary N) is 1. The smallest absolute Gasteiger partial charge is 0.243 e. The third-order valence-electron chi connectivity index (χ3n) is 1.43. The third-order valence-corrected chi connectivity index (χ3v) is 2.76. The number of hydrogen-bond acceptors (Lipinski definition) is 3. The molecule has 5 heteroatoms. The van der Waals surface area contributed by atoms with E-state index >= 15 is 0 Å². The standard InChI is InChI=1S/C7H10N2O2S/c1-6-3-4-7(9-5-6)12(10,11)8-2/h3-5,8H,1-2H3. The van der Waals surface area contributed by atoms with E-state index in [0.717, 1.165) is 5.56 Å². The van der Waals surface area contributed by atoms with E-state index in [-0.39, 0.29) is 5.03 Å². The van der Waals surface area contributed by atoms with Gasteiger partial charge in [0, 0.05) is 6.20 Å². The molecule has 0 aliphatic heterocycles. The average Bonchev–Trinajstić information content (AvgIpc) is 2.05. The van der Waals surface area contributed by atoms with Gasteiger partial charge in [0.25, 0.3) is 10.0 Å². The van der Waals surface area contributed by atoms with Gasteiger partial charge in [-0.2, -0.15) is 0 Å². The number of nitrogens with zero attached hydrogens (tertiary/aromatic N) is 1. The Morgan fingerprint density at radius 1 is 1.42 bits per heavy atom. The molecule has 0 saturated heterocycles. The summed E-state index contributed by atoms with van der Waals surface area (Å²) >= 11 is 0. The van der Waals surface area contributed by atoms with E-state index < -0.39 is 10.0 Å². The number of aromatic nitrogens is 1. The molecule has 1 rings (SSSR count). The van der Waals surface area contributed by atoms with Crippen LogP contribution in [-0.2, 0) is 10.0 Å². The third kappa shape index (κ3) is 1.80. The van der Waals surface area contributed by atoms with Crippen molar-refractivity contribution in [2.24, 2.45) is 0 Å². The van der Waals surface area contributed by atoms with Gasteiger partial charge in [-0.05, 0) is 25.6 Å². The summed E-state index contributed by atoms with van der Waals surface area (Å²) in [5, 5.41) is 0.0515. The molecule has 0 aliphatic carbocycles. The van der Waals surface area contributed by atoms with Crippen molar-refractivity contribution >= 4 is 10.0 Å². The molecule has 0 atom stereocenters. The molecule has 0 radical (unpaired) electrons. The minimum Gasteiger partial charge on any atom is -0.243 e. The zero-order valence-corrected chi connectivity index (χ0v) is 7.72. The highest BCUT2D eigenvalue weighted by Gasteiger charge is 2.11. The molecule has 1 aromatic rings. The van der Waals surface area contributed by atoms with Crippen molar-refractivity contribution in [2.45, 2.75) is 11.9 Å².